The van der Waals surface area contributed by atoms with Crippen molar-refractivity contribution in [3.8, 4) is 17.1 Å². The molecule has 1 N–H and O–H groups in total. The molecule has 0 fully saturated rings. The molecule has 164 valence electrons. The van der Waals surface area contributed by atoms with Crippen molar-refractivity contribution >= 4 is 22.4 Å². The van der Waals surface area contributed by atoms with Crippen LogP contribution < -0.4 is 5.32 Å². The first-order valence-corrected chi connectivity index (χ1v) is 10.6. The minimum absolute atomic E-state index is 0.0414. The van der Waals surface area contributed by atoms with E-state index in [9.17, 15) is 18.0 Å². The van der Waals surface area contributed by atoms with Crippen molar-refractivity contribution in [3.05, 3.63) is 77.1 Å². The lowest BCUT2D eigenvalue weighted by molar-refractivity contribution is -0.143. The zero-order valence-electron chi connectivity index (χ0n) is 17.1. The number of carbonyl (C=O) groups excluding carboxylic acids is 1. The van der Waals surface area contributed by atoms with Gasteiger partial charge in [0.1, 0.15) is 0 Å². The SMILES string of the molecule is CC(C)c1ccc(-c2csc(NC(=O)c3cnn(-c4ccccn4)c3C(F)(F)F)n2)cc1. The van der Waals surface area contributed by atoms with E-state index in [1.807, 2.05) is 24.3 Å². The molecule has 3 aromatic heterocycles. The Morgan fingerprint density at radius 1 is 1.12 bits per heavy atom. The summed E-state index contributed by atoms with van der Waals surface area (Å²) in [5.41, 5.74) is 0.851. The largest absolute Gasteiger partial charge is 0.434 e. The van der Waals surface area contributed by atoms with E-state index < -0.39 is 23.3 Å². The predicted octanol–water partition coefficient (Wildman–Crippen LogP) is 5.79. The van der Waals surface area contributed by atoms with Crippen LogP contribution in [0.15, 0.2) is 60.2 Å². The van der Waals surface area contributed by atoms with Crippen molar-refractivity contribution < 1.29 is 18.0 Å². The number of nitrogens with one attached hydrogen (secondary N) is 1. The Kier molecular flexibility index (Phi) is 5.79. The van der Waals surface area contributed by atoms with Crippen LogP contribution in [0.25, 0.3) is 17.1 Å². The van der Waals surface area contributed by atoms with E-state index in [2.05, 4.69) is 34.2 Å². The van der Waals surface area contributed by atoms with Gasteiger partial charge in [0.25, 0.3) is 5.91 Å². The van der Waals surface area contributed by atoms with Crippen LogP contribution in [0, 0.1) is 0 Å². The second kappa shape index (κ2) is 8.54. The quantitative estimate of drug-likeness (QED) is 0.412. The summed E-state index contributed by atoms with van der Waals surface area (Å²) in [7, 11) is 0. The summed E-state index contributed by atoms with van der Waals surface area (Å²) in [6.45, 7) is 4.19. The Bertz CT molecular complexity index is 1230. The molecular weight excluding hydrogens is 439 g/mol. The zero-order chi connectivity index (χ0) is 22.9. The molecule has 0 saturated carbocycles. The highest BCUT2D eigenvalue weighted by Gasteiger charge is 2.41. The maximum atomic E-state index is 13.8. The molecule has 0 aliphatic heterocycles. The van der Waals surface area contributed by atoms with Gasteiger partial charge in [0.15, 0.2) is 16.6 Å². The van der Waals surface area contributed by atoms with Crippen molar-refractivity contribution in [1.29, 1.82) is 0 Å². The molecule has 0 bridgehead atoms. The first-order chi connectivity index (χ1) is 15.2. The van der Waals surface area contributed by atoms with Gasteiger partial charge in [-0.3, -0.25) is 10.1 Å². The molecule has 4 rings (SSSR count). The van der Waals surface area contributed by atoms with E-state index >= 15 is 0 Å². The molecule has 4 aromatic rings. The Labute approximate surface area is 185 Å². The highest BCUT2D eigenvalue weighted by Crippen LogP contribution is 2.34. The summed E-state index contributed by atoms with van der Waals surface area (Å²) in [4.78, 5) is 20.9. The lowest BCUT2D eigenvalue weighted by Gasteiger charge is -2.11. The third-order valence-electron chi connectivity index (χ3n) is 4.75. The number of halogens is 3. The van der Waals surface area contributed by atoms with E-state index in [0.29, 0.717) is 16.3 Å². The fourth-order valence-electron chi connectivity index (χ4n) is 3.11. The minimum Gasteiger partial charge on any atom is -0.298 e. The number of hydrogen-bond donors (Lipinski definition) is 1. The normalized spacial score (nSPS) is 11.7. The van der Waals surface area contributed by atoms with Gasteiger partial charge in [-0.05, 0) is 23.6 Å². The smallest absolute Gasteiger partial charge is 0.298 e. The number of aromatic nitrogens is 4. The molecule has 0 saturated heterocycles. The molecule has 0 aliphatic carbocycles. The fourth-order valence-corrected chi connectivity index (χ4v) is 3.82. The van der Waals surface area contributed by atoms with Crippen LogP contribution in [0.3, 0.4) is 0 Å². The Hall–Kier alpha value is -3.53. The number of benzene rings is 1. The maximum absolute atomic E-state index is 13.8. The number of carbonyl (C=O) groups is 1. The summed E-state index contributed by atoms with van der Waals surface area (Å²) in [5, 5.41) is 8.13. The number of amides is 1. The van der Waals surface area contributed by atoms with Crippen LogP contribution in [0.1, 0.15) is 41.4 Å². The third-order valence-corrected chi connectivity index (χ3v) is 5.50. The number of thiazole rings is 1. The van der Waals surface area contributed by atoms with E-state index in [4.69, 9.17) is 0 Å². The first kappa shape index (κ1) is 21.7. The molecule has 0 unspecified atom stereocenters. The van der Waals surface area contributed by atoms with Crippen LogP contribution in [0.4, 0.5) is 18.3 Å². The monoisotopic (exact) mass is 457 g/mol. The van der Waals surface area contributed by atoms with Crippen LogP contribution in [-0.4, -0.2) is 25.7 Å². The van der Waals surface area contributed by atoms with Gasteiger partial charge in [-0.1, -0.05) is 44.2 Å². The topological polar surface area (TPSA) is 72.7 Å². The Balaban J connectivity index is 1.59. The highest BCUT2D eigenvalue weighted by molar-refractivity contribution is 7.14. The van der Waals surface area contributed by atoms with Gasteiger partial charge in [-0.15, -0.1) is 11.3 Å². The highest BCUT2D eigenvalue weighted by atomic mass is 32.1. The van der Waals surface area contributed by atoms with Crippen LogP contribution in [-0.2, 0) is 6.18 Å². The number of anilines is 1. The molecule has 10 heteroatoms. The number of nitrogens with zero attached hydrogens (tertiary/aromatic N) is 4. The second-order valence-electron chi connectivity index (χ2n) is 7.27. The molecule has 0 aliphatic rings. The van der Waals surface area contributed by atoms with Gasteiger partial charge in [0.05, 0.1) is 17.5 Å². The standard InChI is InChI=1S/C22H18F3N5OS/c1-13(2)14-6-8-15(9-7-14)17-12-32-21(28-17)29-20(31)16-11-27-30(19(16)22(23,24)25)18-5-3-4-10-26-18/h3-13H,1-2H3,(H,28,29,31). The zero-order valence-corrected chi connectivity index (χ0v) is 17.9. The van der Waals surface area contributed by atoms with Gasteiger partial charge >= 0.3 is 6.18 Å². The van der Waals surface area contributed by atoms with Gasteiger partial charge in [-0.25, -0.2) is 14.6 Å². The first-order valence-electron chi connectivity index (χ1n) is 9.68. The minimum atomic E-state index is -4.81. The summed E-state index contributed by atoms with van der Waals surface area (Å²) in [6, 6.07) is 12.3. The molecule has 0 radical (unpaired) electrons. The second-order valence-corrected chi connectivity index (χ2v) is 8.13. The molecule has 6 nitrogen and oxygen atoms in total. The van der Waals surface area contributed by atoms with Crippen LogP contribution in [0.2, 0.25) is 0 Å². The van der Waals surface area contributed by atoms with E-state index in [0.717, 1.165) is 23.1 Å². The summed E-state index contributed by atoms with van der Waals surface area (Å²) < 4.78 is 41.9. The lowest BCUT2D eigenvalue weighted by Crippen LogP contribution is -2.21. The number of pyridine rings is 1. The summed E-state index contributed by atoms with van der Waals surface area (Å²) in [5.74, 6) is -0.597. The lowest BCUT2D eigenvalue weighted by atomic mass is 10.0. The Morgan fingerprint density at radius 2 is 1.88 bits per heavy atom. The van der Waals surface area contributed by atoms with Gasteiger partial charge in [0, 0.05) is 17.1 Å². The average Bonchev–Trinajstić information content (AvgIpc) is 3.42. The van der Waals surface area contributed by atoms with E-state index in [-0.39, 0.29) is 10.9 Å². The third kappa shape index (κ3) is 4.40. The number of rotatable bonds is 5. The van der Waals surface area contributed by atoms with Gasteiger partial charge in [-0.2, -0.15) is 18.3 Å². The summed E-state index contributed by atoms with van der Waals surface area (Å²) in [6.07, 6.45) is -2.58. The van der Waals surface area contributed by atoms with E-state index in [1.54, 1.807) is 11.4 Å². The molecule has 1 amide bonds. The van der Waals surface area contributed by atoms with Crippen molar-refractivity contribution in [2.24, 2.45) is 0 Å². The maximum Gasteiger partial charge on any atom is 0.434 e. The Morgan fingerprint density at radius 3 is 2.50 bits per heavy atom. The van der Waals surface area contributed by atoms with Crippen molar-refractivity contribution in [2.75, 3.05) is 5.32 Å². The molecule has 1 aromatic carbocycles. The summed E-state index contributed by atoms with van der Waals surface area (Å²) >= 11 is 1.13. The molecule has 0 spiro atoms. The van der Waals surface area contributed by atoms with Crippen LogP contribution in [0.5, 0.6) is 0 Å². The molecular formula is C22H18F3N5OS. The van der Waals surface area contributed by atoms with Crippen molar-refractivity contribution in [1.82, 2.24) is 19.7 Å². The molecule has 0 atom stereocenters. The van der Waals surface area contributed by atoms with Crippen molar-refractivity contribution in [3.63, 3.8) is 0 Å². The van der Waals surface area contributed by atoms with Crippen LogP contribution >= 0.6 is 11.3 Å². The fraction of sp³-hybridized carbons (Fsp3) is 0.182. The van der Waals surface area contributed by atoms with E-state index in [1.165, 1.54) is 23.9 Å². The molecule has 3 heterocycles. The average molecular weight is 457 g/mol. The number of alkyl halides is 3. The van der Waals surface area contributed by atoms with Gasteiger partial charge < -0.3 is 0 Å². The molecule has 32 heavy (non-hydrogen) atoms. The predicted molar refractivity (Wildman–Crippen MR) is 116 cm³/mol. The number of hydrogen-bond acceptors (Lipinski definition) is 5. The van der Waals surface area contributed by atoms with Gasteiger partial charge in [0.2, 0.25) is 0 Å². The van der Waals surface area contributed by atoms with Crippen molar-refractivity contribution in [2.45, 2.75) is 25.9 Å².